The van der Waals surface area contributed by atoms with Crippen molar-refractivity contribution >= 4 is 17.5 Å². The first-order valence-electron chi connectivity index (χ1n) is 15.1. The zero-order chi connectivity index (χ0) is 29.1. The molecule has 216 valence electrons. The number of carbonyl (C=O) groups excluding carboxylic acids is 2. The number of fused-ring (bicyclic) bond motifs is 4. The molecule has 0 aromatic rings. The largest absolute Gasteiger partial charge is 0.511 e. The van der Waals surface area contributed by atoms with Gasteiger partial charge in [-0.15, -0.1) is 0 Å². The maximum absolute atomic E-state index is 14.5. The molecule has 0 saturated heterocycles. The SMILES string of the molecule is CC[C@@H]1C(C(=O)O)=C[C@]2(C)/C=C(\C)C/C=C/C[C@@H]3C=C[C@@H]4[C@@H](O)[C@@H](C)CC[C@H]4[C@]3(CC)/C(O)=C3/C(=O)C1C2C3=O. The van der Waals surface area contributed by atoms with E-state index in [2.05, 4.69) is 24.3 Å². The fourth-order valence-corrected chi connectivity index (χ4v) is 9.27. The zero-order valence-corrected chi connectivity index (χ0v) is 24.4. The lowest BCUT2D eigenvalue weighted by molar-refractivity contribution is -0.135. The van der Waals surface area contributed by atoms with Crippen LogP contribution in [0.25, 0.3) is 0 Å². The minimum absolute atomic E-state index is 0.117. The van der Waals surface area contributed by atoms with Gasteiger partial charge in [0.05, 0.1) is 11.7 Å². The third kappa shape index (κ3) is 4.04. The lowest BCUT2D eigenvalue weighted by Crippen LogP contribution is -2.51. The predicted octanol–water partition coefficient (Wildman–Crippen LogP) is 6.14. The van der Waals surface area contributed by atoms with Crippen LogP contribution in [-0.2, 0) is 14.4 Å². The van der Waals surface area contributed by atoms with Crippen LogP contribution in [0.2, 0.25) is 0 Å². The fourth-order valence-electron chi connectivity index (χ4n) is 9.27. The highest BCUT2D eigenvalue weighted by atomic mass is 16.4. The van der Waals surface area contributed by atoms with Crippen molar-refractivity contribution in [1.29, 1.82) is 0 Å². The Morgan fingerprint density at radius 2 is 1.80 bits per heavy atom. The van der Waals surface area contributed by atoms with Gasteiger partial charge in [0.1, 0.15) is 5.76 Å². The average Bonchev–Trinajstić information content (AvgIpc) is 3.18. The van der Waals surface area contributed by atoms with Gasteiger partial charge in [-0.2, -0.15) is 0 Å². The first kappa shape index (κ1) is 28.8. The Hall–Kier alpha value is -2.73. The number of aliphatic hydroxyl groups excluding tert-OH is 2. The van der Waals surface area contributed by atoms with Crippen molar-refractivity contribution in [3.05, 3.63) is 58.9 Å². The van der Waals surface area contributed by atoms with Crippen molar-refractivity contribution in [2.24, 2.45) is 52.3 Å². The molecule has 2 bridgehead atoms. The Balaban J connectivity index is 1.79. The zero-order valence-electron chi connectivity index (χ0n) is 24.4. The number of carbonyl (C=O) groups is 3. The third-order valence-electron chi connectivity index (χ3n) is 11.2. The van der Waals surface area contributed by atoms with Gasteiger partial charge in [-0.25, -0.2) is 4.79 Å². The van der Waals surface area contributed by atoms with Crippen LogP contribution in [0.3, 0.4) is 0 Å². The Labute approximate surface area is 237 Å². The van der Waals surface area contributed by atoms with Crippen molar-refractivity contribution in [1.82, 2.24) is 0 Å². The summed E-state index contributed by atoms with van der Waals surface area (Å²) in [6.07, 6.45) is 15.3. The van der Waals surface area contributed by atoms with Crippen molar-refractivity contribution in [3.63, 3.8) is 0 Å². The molecule has 5 aliphatic carbocycles. The molecule has 5 rings (SSSR count). The summed E-state index contributed by atoms with van der Waals surface area (Å²) in [5.41, 5.74) is -0.804. The number of carboxylic acids is 1. The monoisotopic (exact) mass is 548 g/mol. The molecule has 0 aliphatic heterocycles. The van der Waals surface area contributed by atoms with E-state index in [4.69, 9.17) is 0 Å². The van der Waals surface area contributed by atoms with E-state index in [0.29, 0.717) is 25.7 Å². The van der Waals surface area contributed by atoms with Gasteiger partial charge in [-0.1, -0.05) is 69.7 Å². The van der Waals surface area contributed by atoms with E-state index in [0.717, 1.165) is 18.4 Å². The normalized spacial score (nSPS) is 47.0. The maximum Gasteiger partial charge on any atom is 0.331 e. The summed E-state index contributed by atoms with van der Waals surface area (Å²) in [4.78, 5) is 41.3. The number of allylic oxidation sites excluding steroid dienone is 8. The summed E-state index contributed by atoms with van der Waals surface area (Å²) >= 11 is 0. The highest BCUT2D eigenvalue weighted by molar-refractivity contribution is 6.28. The molecule has 6 heteroatoms. The molecule has 0 radical (unpaired) electrons. The van der Waals surface area contributed by atoms with E-state index < -0.39 is 46.4 Å². The third-order valence-corrected chi connectivity index (χ3v) is 11.2. The molecule has 0 spiro atoms. The van der Waals surface area contributed by atoms with Gasteiger partial charge in [0, 0.05) is 40.1 Å². The first-order chi connectivity index (χ1) is 18.9. The molecule has 5 aliphatic rings. The van der Waals surface area contributed by atoms with Crippen molar-refractivity contribution < 1.29 is 29.7 Å². The molecule has 10 atom stereocenters. The summed E-state index contributed by atoms with van der Waals surface area (Å²) in [6.45, 7) is 9.75. The average molecular weight is 549 g/mol. The number of rotatable bonds is 3. The molecule has 2 saturated carbocycles. The van der Waals surface area contributed by atoms with Crippen LogP contribution >= 0.6 is 0 Å². The molecule has 0 aromatic heterocycles. The minimum atomic E-state index is -1.07. The summed E-state index contributed by atoms with van der Waals surface area (Å²) in [5, 5.41) is 33.7. The molecule has 3 N–H and O–H groups in total. The van der Waals surface area contributed by atoms with E-state index in [9.17, 15) is 29.7 Å². The van der Waals surface area contributed by atoms with Crippen molar-refractivity contribution in [2.45, 2.75) is 79.2 Å². The lowest BCUT2D eigenvalue weighted by Gasteiger charge is -2.54. The van der Waals surface area contributed by atoms with Gasteiger partial charge in [-0.05, 0) is 63.2 Å². The summed E-state index contributed by atoms with van der Waals surface area (Å²) < 4.78 is 0. The van der Waals surface area contributed by atoms with E-state index in [-0.39, 0.29) is 46.4 Å². The standard InChI is InChI=1S/C34H44O6/c1-6-21-23(32(39)40)17-33(5)16-18(3)10-8-9-11-20-13-14-22-24(15-12-19(4)28(22)35)34(20,7-2)31(38)26-29(36)25(21)27(33)30(26)37/h8-9,13-14,16-17,19-22,24-25,27-28,35,38H,6-7,10-12,15H2,1-5H3,(H,39,40)/b9-8+,18-16+,31-26+/t19-,20+,21+,22-,24+,25?,27?,28-,33-,34+/m0/s1. The summed E-state index contributed by atoms with van der Waals surface area (Å²) in [6, 6.07) is 0. The van der Waals surface area contributed by atoms with Crippen LogP contribution < -0.4 is 0 Å². The number of Topliss-reactive ketones (excluding diaryl/α,β-unsaturated/α-hetero) is 2. The predicted molar refractivity (Wildman–Crippen MR) is 153 cm³/mol. The number of hydrogen-bond donors (Lipinski definition) is 3. The molecule has 2 unspecified atom stereocenters. The second kappa shape index (κ2) is 10.3. The van der Waals surface area contributed by atoms with Gasteiger partial charge in [-0.3, -0.25) is 9.59 Å². The maximum atomic E-state index is 14.5. The Kier molecular flexibility index (Phi) is 7.39. The smallest absolute Gasteiger partial charge is 0.331 e. The quantitative estimate of drug-likeness (QED) is 0.288. The molecule has 0 amide bonds. The Bertz CT molecular complexity index is 1260. The molecule has 6 nitrogen and oxygen atoms in total. The highest BCUT2D eigenvalue weighted by Crippen LogP contribution is 2.61. The minimum Gasteiger partial charge on any atom is -0.511 e. The number of aliphatic carboxylic acids is 1. The molecule has 0 heterocycles. The Morgan fingerprint density at radius 3 is 2.45 bits per heavy atom. The van der Waals surface area contributed by atoms with Crippen LogP contribution in [0.5, 0.6) is 0 Å². The molecule has 40 heavy (non-hydrogen) atoms. The van der Waals surface area contributed by atoms with Crippen LogP contribution in [0.4, 0.5) is 0 Å². The molecule has 0 aromatic carbocycles. The summed E-state index contributed by atoms with van der Waals surface area (Å²) in [5.74, 6) is -4.51. The number of aliphatic hydroxyl groups is 2. The Morgan fingerprint density at radius 1 is 1.07 bits per heavy atom. The van der Waals surface area contributed by atoms with Crippen molar-refractivity contribution in [2.75, 3.05) is 0 Å². The highest BCUT2D eigenvalue weighted by Gasteiger charge is 2.62. The van der Waals surface area contributed by atoms with E-state index >= 15 is 0 Å². The van der Waals surface area contributed by atoms with Gasteiger partial charge in [0.15, 0.2) is 11.6 Å². The first-order valence-corrected chi connectivity index (χ1v) is 15.1. The van der Waals surface area contributed by atoms with Crippen molar-refractivity contribution in [3.8, 4) is 0 Å². The number of carboxylic acid groups (broad SMARTS) is 1. The van der Waals surface area contributed by atoms with E-state index in [1.54, 1.807) is 6.08 Å². The lowest BCUT2D eigenvalue weighted by atomic mass is 9.51. The molecule has 2 fully saturated rings. The van der Waals surface area contributed by atoms with Crippen LogP contribution in [0.1, 0.15) is 73.1 Å². The number of hydrogen-bond acceptors (Lipinski definition) is 5. The van der Waals surface area contributed by atoms with Gasteiger partial charge >= 0.3 is 5.97 Å². The van der Waals surface area contributed by atoms with Crippen LogP contribution in [0.15, 0.2) is 58.9 Å². The van der Waals surface area contributed by atoms with Gasteiger partial charge < -0.3 is 15.3 Å². The van der Waals surface area contributed by atoms with Gasteiger partial charge in [0.25, 0.3) is 0 Å². The van der Waals surface area contributed by atoms with Crippen LogP contribution in [-0.4, -0.2) is 39.0 Å². The fraction of sp³-hybridized carbons (Fsp3) is 0.618. The molecular formula is C34H44O6. The second-order valence-corrected chi connectivity index (χ2v) is 13.3. The topological polar surface area (TPSA) is 112 Å². The van der Waals surface area contributed by atoms with E-state index in [1.807, 2.05) is 40.7 Å². The van der Waals surface area contributed by atoms with Crippen LogP contribution in [0, 0.1) is 52.3 Å². The number of ketones is 2. The molecular weight excluding hydrogens is 504 g/mol. The van der Waals surface area contributed by atoms with Gasteiger partial charge in [0.2, 0.25) is 0 Å². The summed E-state index contributed by atoms with van der Waals surface area (Å²) in [7, 11) is 0. The van der Waals surface area contributed by atoms with E-state index in [1.165, 1.54) is 0 Å². The second-order valence-electron chi connectivity index (χ2n) is 13.3.